The lowest BCUT2D eigenvalue weighted by Gasteiger charge is -2.20. The van der Waals surface area contributed by atoms with Crippen LogP contribution in [0.4, 0.5) is 11.4 Å². The second kappa shape index (κ2) is 7.25. The van der Waals surface area contributed by atoms with Crippen molar-refractivity contribution in [1.29, 1.82) is 0 Å². The van der Waals surface area contributed by atoms with Crippen molar-refractivity contribution in [2.75, 3.05) is 5.01 Å². The fraction of sp³-hybridized carbons (Fsp3) is 0. The predicted octanol–water partition coefficient (Wildman–Crippen LogP) is 6.22. The minimum absolute atomic E-state index is 0.0855. The van der Waals surface area contributed by atoms with E-state index in [2.05, 4.69) is 0 Å². The number of hydrogen-bond donors (Lipinski definition) is 3. The number of halogens is 1. The molecule has 0 saturated carbocycles. The smallest absolute Gasteiger partial charge is 0.125 e. The van der Waals surface area contributed by atoms with Gasteiger partial charge in [0.05, 0.1) is 11.4 Å². The molecule has 0 fully saturated rings. The summed E-state index contributed by atoms with van der Waals surface area (Å²) >= 11 is 9.14. The Balaban J connectivity index is 1.65. The summed E-state index contributed by atoms with van der Waals surface area (Å²) in [5.74, 6) is 6.44. The summed E-state index contributed by atoms with van der Waals surface area (Å²) in [5.41, 5.74) is 4.33. The summed E-state index contributed by atoms with van der Waals surface area (Å²) in [6, 6.07) is 14.2. The molecule has 4 N–H and O–H groups in total. The first-order valence-electron chi connectivity index (χ1n) is 8.01. The van der Waals surface area contributed by atoms with E-state index in [1.807, 2.05) is 40.4 Å². The molecule has 0 spiro atoms. The third-order valence-corrected chi connectivity index (χ3v) is 6.11. The highest BCUT2D eigenvalue weighted by atomic mass is 35.5. The van der Waals surface area contributed by atoms with Gasteiger partial charge in [-0.05, 0) is 58.1 Å². The van der Waals surface area contributed by atoms with Crippen LogP contribution in [-0.4, -0.2) is 10.2 Å². The Morgan fingerprint density at radius 1 is 0.815 bits per heavy atom. The third-order valence-electron chi connectivity index (χ3n) is 4.26. The summed E-state index contributed by atoms with van der Waals surface area (Å²) in [5, 5.41) is 28.0. The van der Waals surface area contributed by atoms with Crippen LogP contribution in [0.25, 0.3) is 22.3 Å². The number of aromatic hydroxyl groups is 2. The van der Waals surface area contributed by atoms with Crippen molar-refractivity contribution in [2.45, 2.75) is 0 Å². The monoisotopic (exact) mass is 414 g/mol. The molecule has 0 unspecified atom stereocenters. The second-order valence-electron chi connectivity index (χ2n) is 5.89. The molecule has 0 atom stereocenters. The Morgan fingerprint density at radius 3 is 2.00 bits per heavy atom. The minimum Gasteiger partial charge on any atom is -0.507 e. The highest BCUT2D eigenvalue weighted by Gasteiger charge is 2.14. The lowest BCUT2D eigenvalue weighted by Crippen LogP contribution is -2.24. The van der Waals surface area contributed by atoms with Crippen LogP contribution in [0.1, 0.15) is 0 Å². The largest absolute Gasteiger partial charge is 0.507 e. The van der Waals surface area contributed by atoms with Gasteiger partial charge in [0.2, 0.25) is 0 Å². The lowest BCUT2D eigenvalue weighted by molar-refractivity contribution is 0.477. The number of nitrogens with zero attached hydrogens (tertiary/aromatic N) is 1. The van der Waals surface area contributed by atoms with Crippen LogP contribution in [0, 0.1) is 0 Å². The number of hydrogen-bond acceptors (Lipinski definition) is 6. The second-order valence-corrected chi connectivity index (χ2v) is 8.19. The molecule has 4 nitrogen and oxygen atoms in total. The first-order chi connectivity index (χ1) is 13.0. The number of benzene rings is 2. The summed E-state index contributed by atoms with van der Waals surface area (Å²) in [6.07, 6.45) is 0. The Bertz CT molecular complexity index is 1090. The topological polar surface area (TPSA) is 69.7 Å². The molecule has 27 heavy (non-hydrogen) atoms. The Hall–Kier alpha value is -2.51. The van der Waals surface area contributed by atoms with Gasteiger partial charge in [0.25, 0.3) is 0 Å². The minimum atomic E-state index is 0.0855. The van der Waals surface area contributed by atoms with E-state index in [9.17, 15) is 10.2 Å². The highest BCUT2D eigenvalue weighted by molar-refractivity contribution is 7.15. The van der Waals surface area contributed by atoms with Crippen molar-refractivity contribution < 1.29 is 10.2 Å². The first-order valence-corrected chi connectivity index (χ1v) is 10.2. The zero-order chi connectivity index (χ0) is 19.0. The normalized spacial score (nSPS) is 10.9. The van der Waals surface area contributed by atoms with Crippen LogP contribution in [0.3, 0.4) is 0 Å². The van der Waals surface area contributed by atoms with Gasteiger partial charge in [0, 0.05) is 28.8 Å². The summed E-state index contributed by atoms with van der Waals surface area (Å²) in [6.45, 7) is 0. The zero-order valence-electron chi connectivity index (χ0n) is 14.0. The van der Waals surface area contributed by atoms with E-state index in [0.717, 1.165) is 16.7 Å². The van der Waals surface area contributed by atoms with Crippen molar-refractivity contribution in [3.8, 4) is 33.8 Å². The third kappa shape index (κ3) is 3.40. The van der Waals surface area contributed by atoms with Gasteiger partial charge in [-0.2, -0.15) is 11.3 Å². The molecule has 0 aliphatic heterocycles. The van der Waals surface area contributed by atoms with Gasteiger partial charge in [0.15, 0.2) is 0 Å². The van der Waals surface area contributed by atoms with E-state index >= 15 is 0 Å². The average Bonchev–Trinajstić information content (AvgIpc) is 3.33. The van der Waals surface area contributed by atoms with Gasteiger partial charge >= 0.3 is 0 Å². The zero-order valence-corrected chi connectivity index (χ0v) is 16.4. The van der Waals surface area contributed by atoms with Crippen LogP contribution < -0.4 is 10.9 Å². The van der Waals surface area contributed by atoms with Crippen LogP contribution in [-0.2, 0) is 0 Å². The Morgan fingerprint density at radius 2 is 1.48 bits per heavy atom. The van der Waals surface area contributed by atoms with E-state index in [1.165, 1.54) is 16.3 Å². The molecule has 0 radical (unpaired) electrons. The molecule has 136 valence electrons. The number of hydrazine groups is 1. The molecule has 4 rings (SSSR count). The van der Waals surface area contributed by atoms with Crippen LogP contribution >= 0.6 is 34.3 Å². The average molecular weight is 415 g/mol. The highest BCUT2D eigenvalue weighted by Crippen LogP contribution is 2.40. The molecular weight excluding hydrogens is 400 g/mol. The molecule has 4 aromatic rings. The van der Waals surface area contributed by atoms with E-state index in [4.69, 9.17) is 17.4 Å². The van der Waals surface area contributed by atoms with E-state index in [-0.39, 0.29) is 11.5 Å². The molecule has 7 heteroatoms. The molecule has 0 aliphatic carbocycles. The fourth-order valence-corrected chi connectivity index (χ4v) is 4.47. The van der Waals surface area contributed by atoms with E-state index in [1.54, 1.807) is 35.6 Å². The van der Waals surface area contributed by atoms with Gasteiger partial charge in [-0.3, -0.25) is 5.01 Å². The van der Waals surface area contributed by atoms with Gasteiger partial charge in [-0.15, -0.1) is 11.3 Å². The maximum Gasteiger partial charge on any atom is 0.125 e. The van der Waals surface area contributed by atoms with Crippen LogP contribution in [0.15, 0.2) is 64.7 Å². The van der Waals surface area contributed by atoms with Crippen LogP contribution in [0.5, 0.6) is 11.5 Å². The fourth-order valence-electron chi connectivity index (χ4n) is 2.86. The van der Waals surface area contributed by atoms with Crippen molar-refractivity contribution in [3.63, 3.8) is 0 Å². The van der Waals surface area contributed by atoms with Gasteiger partial charge in [-0.1, -0.05) is 11.6 Å². The molecule has 2 aromatic heterocycles. The molecule has 0 aliphatic rings. The van der Waals surface area contributed by atoms with Crippen molar-refractivity contribution in [2.24, 2.45) is 5.84 Å². The van der Waals surface area contributed by atoms with Gasteiger partial charge in [-0.25, -0.2) is 5.84 Å². The van der Waals surface area contributed by atoms with Crippen LogP contribution in [0.2, 0.25) is 4.34 Å². The van der Waals surface area contributed by atoms with E-state index < -0.39 is 0 Å². The molecule has 0 saturated heterocycles. The number of phenols is 2. The summed E-state index contributed by atoms with van der Waals surface area (Å²) in [7, 11) is 0. The van der Waals surface area contributed by atoms with E-state index in [0.29, 0.717) is 21.3 Å². The number of nitrogens with two attached hydrogens (primary N) is 1. The summed E-state index contributed by atoms with van der Waals surface area (Å²) < 4.78 is 0.622. The molecular formula is C20H15ClN2O2S2. The van der Waals surface area contributed by atoms with Crippen molar-refractivity contribution in [3.05, 3.63) is 69.0 Å². The number of thiophene rings is 2. The summed E-state index contributed by atoms with van der Waals surface area (Å²) in [4.78, 5) is 0. The maximum atomic E-state index is 10.4. The van der Waals surface area contributed by atoms with Gasteiger partial charge in [0.1, 0.15) is 15.8 Å². The molecule has 0 bridgehead atoms. The first kappa shape index (κ1) is 17.9. The number of anilines is 2. The maximum absolute atomic E-state index is 10.4. The molecule has 2 aromatic carbocycles. The quantitative estimate of drug-likeness (QED) is 0.274. The number of rotatable bonds is 4. The van der Waals surface area contributed by atoms with Gasteiger partial charge < -0.3 is 10.2 Å². The Labute approximate surface area is 169 Å². The van der Waals surface area contributed by atoms with Crippen molar-refractivity contribution in [1.82, 2.24) is 0 Å². The Kier molecular flexibility index (Phi) is 4.80. The molecule has 2 heterocycles. The standard InChI is InChI=1S/C20H15ClN2O2S2/c21-20-17(6-8-27-20)16-4-2-14(10-19(16)25)23(22)13-1-3-15(18(24)9-13)12-5-7-26-11-12/h1-11,24-25H,22H2. The SMILES string of the molecule is NN(c1ccc(-c2ccsc2)c(O)c1)c1ccc(-c2ccsc2Cl)c(O)c1. The lowest BCUT2D eigenvalue weighted by atomic mass is 10.1. The predicted molar refractivity (Wildman–Crippen MR) is 114 cm³/mol. The van der Waals surface area contributed by atoms with Crippen molar-refractivity contribution >= 4 is 45.6 Å². The molecule has 0 amide bonds. The number of phenolic OH excluding ortho intramolecular Hbond substituents is 2.